The molecule has 0 aliphatic carbocycles. The molecule has 0 atom stereocenters. The lowest BCUT2D eigenvalue weighted by molar-refractivity contribution is -0.132. The number of benzene rings is 3. The molecule has 5 nitrogen and oxygen atoms in total. The topological polar surface area (TPSA) is 64.4 Å². The average molecular weight is 457 g/mol. The molecule has 6 heteroatoms. The van der Waals surface area contributed by atoms with Crippen LogP contribution in [0.3, 0.4) is 0 Å². The first kappa shape index (κ1) is 23.0. The van der Waals surface area contributed by atoms with Gasteiger partial charge in [0.25, 0.3) is 0 Å². The summed E-state index contributed by atoms with van der Waals surface area (Å²) in [4.78, 5) is 11.5. The summed E-state index contributed by atoms with van der Waals surface area (Å²) in [5.41, 5.74) is 4.40. The smallest absolute Gasteiger partial charge is 0.331 e. The average Bonchev–Trinajstić information content (AvgIpc) is 3.25. The van der Waals surface area contributed by atoms with Crippen molar-refractivity contribution in [3.05, 3.63) is 113 Å². The molecule has 0 radical (unpaired) electrons. The standard InChI is InChI=1S/C28H25FN2O3/c1-2-22(28(32)33)16-24-18-31(30-27(24)23-10-12-25(29)13-11-23)17-20-8-14-26(15-9-20)34-19-21-6-4-3-5-7-21/h3-16,18H,2,17,19H2,1H3,(H,32,33). The summed E-state index contributed by atoms with van der Waals surface area (Å²) in [7, 11) is 0. The minimum absolute atomic E-state index is 0.280. The number of halogens is 1. The SMILES string of the molecule is CCC(=Cc1cn(Cc2ccc(OCc3ccccc3)cc2)nc1-c1ccc(F)cc1)C(=O)O. The lowest BCUT2D eigenvalue weighted by Gasteiger charge is -2.07. The summed E-state index contributed by atoms with van der Waals surface area (Å²) >= 11 is 0. The lowest BCUT2D eigenvalue weighted by Crippen LogP contribution is -2.01. The molecule has 0 saturated carbocycles. The Morgan fingerprint density at radius 2 is 1.71 bits per heavy atom. The molecular formula is C28H25FN2O3. The number of carboxylic acids is 1. The van der Waals surface area contributed by atoms with Crippen LogP contribution in [0.4, 0.5) is 4.39 Å². The predicted octanol–water partition coefficient (Wildman–Crippen LogP) is 6.19. The summed E-state index contributed by atoms with van der Waals surface area (Å²) < 4.78 is 21.0. The van der Waals surface area contributed by atoms with E-state index in [4.69, 9.17) is 4.74 Å². The van der Waals surface area contributed by atoms with Gasteiger partial charge in [0, 0.05) is 22.9 Å². The Kier molecular flexibility index (Phi) is 7.18. The summed E-state index contributed by atoms with van der Waals surface area (Å²) in [6.45, 7) is 2.79. The van der Waals surface area contributed by atoms with Crippen molar-refractivity contribution in [3.63, 3.8) is 0 Å². The molecule has 4 aromatic rings. The number of carboxylic acid groups (broad SMARTS) is 1. The van der Waals surface area contributed by atoms with Crippen molar-refractivity contribution in [1.29, 1.82) is 0 Å². The number of nitrogens with zero attached hydrogens (tertiary/aromatic N) is 2. The molecule has 4 rings (SSSR count). The number of hydrogen-bond acceptors (Lipinski definition) is 3. The van der Waals surface area contributed by atoms with E-state index in [9.17, 15) is 14.3 Å². The van der Waals surface area contributed by atoms with Gasteiger partial charge in [-0.3, -0.25) is 4.68 Å². The molecule has 3 aromatic carbocycles. The minimum atomic E-state index is -0.966. The zero-order chi connectivity index (χ0) is 23.9. The normalized spacial score (nSPS) is 11.4. The molecule has 34 heavy (non-hydrogen) atoms. The first-order chi connectivity index (χ1) is 16.5. The van der Waals surface area contributed by atoms with E-state index in [2.05, 4.69) is 5.10 Å². The molecular weight excluding hydrogens is 431 g/mol. The van der Waals surface area contributed by atoms with Crippen LogP contribution in [0, 0.1) is 5.82 Å². The van der Waals surface area contributed by atoms with Crippen LogP contribution >= 0.6 is 0 Å². The van der Waals surface area contributed by atoms with Gasteiger partial charge in [0.05, 0.1) is 12.2 Å². The van der Waals surface area contributed by atoms with Gasteiger partial charge >= 0.3 is 5.97 Å². The van der Waals surface area contributed by atoms with Crippen molar-refractivity contribution >= 4 is 12.0 Å². The van der Waals surface area contributed by atoms with Crippen molar-refractivity contribution in [2.24, 2.45) is 0 Å². The fraction of sp³-hybridized carbons (Fsp3) is 0.143. The Hall–Kier alpha value is -4.19. The van der Waals surface area contributed by atoms with Crippen LogP contribution in [0.25, 0.3) is 17.3 Å². The number of carbonyl (C=O) groups is 1. The van der Waals surface area contributed by atoms with Crippen molar-refractivity contribution in [2.45, 2.75) is 26.5 Å². The summed E-state index contributed by atoms with van der Waals surface area (Å²) in [5.74, 6) is -0.529. The van der Waals surface area contributed by atoms with Crippen LogP contribution in [-0.4, -0.2) is 20.9 Å². The number of ether oxygens (including phenoxy) is 1. The number of aliphatic carboxylic acids is 1. The third kappa shape index (κ3) is 5.78. The first-order valence-electron chi connectivity index (χ1n) is 11.0. The van der Waals surface area contributed by atoms with Gasteiger partial charge < -0.3 is 9.84 Å². The number of hydrogen-bond donors (Lipinski definition) is 1. The van der Waals surface area contributed by atoms with E-state index in [1.165, 1.54) is 12.1 Å². The fourth-order valence-corrected chi connectivity index (χ4v) is 3.58. The Balaban J connectivity index is 1.55. The van der Waals surface area contributed by atoms with Gasteiger partial charge in [-0.05, 0) is 60.0 Å². The maximum Gasteiger partial charge on any atom is 0.331 e. The van der Waals surface area contributed by atoms with E-state index in [-0.39, 0.29) is 11.4 Å². The second-order valence-corrected chi connectivity index (χ2v) is 7.88. The maximum absolute atomic E-state index is 13.4. The molecule has 0 amide bonds. The Labute approximate surface area is 197 Å². The monoisotopic (exact) mass is 456 g/mol. The largest absolute Gasteiger partial charge is 0.489 e. The second-order valence-electron chi connectivity index (χ2n) is 7.88. The predicted molar refractivity (Wildman–Crippen MR) is 130 cm³/mol. The highest BCUT2D eigenvalue weighted by Gasteiger charge is 2.13. The zero-order valence-electron chi connectivity index (χ0n) is 18.8. The van der Waals surface area contributed by atoms with Gasteiger partial charge in [-0.2, -0.15) is 5.10 Å². The van der Waals surface area contributed by atoms with Crippen LogP contribution in [0.5, 0.6) is 5.75 Å². The van der Waals surface area contributed by atoms with Gasteiger partial charge in [-0.15, -0.1) is 0 Å². The van der Waals surface area contributed by atoms with Crippen LogP contribution in [-0.2, 0) is 17.9 Å². The van der Waals surface area contributed by atoms with Gasteiger partial charge in [-0.25, -0.2) is 9.18 Å². The highest BCUT2D eigenvalue weighted by atomic mass is 19.1. The van der Waals surface area contributed by atoms with Crippen LogP contribution < -0.4 is 4.74 Å². The van der Waals surface area contributed by atoms with E-state index in [0.29, 0.717) is 30.8 Å². The van der Waals surface area contributed by atoms with Gasteiger partial charge in [0.1, 0.15) is 18.2 Å². The highest BCUT2D eigenvalue weighted by Crippen LogP contribution is 2.26. The molecule has 0 spiro atoms. The molecule has 0 aliphatic rings. The van der Waals surface area contributed by atoms with E-state index in [0.717, 1.165) is 22.4 Å². The molecule has 0 aliphatic heterocycles. The molecule has 0 bridgehead atoms. The lowest BCUT2D eigenvalue weighted by atomic mass is 10.0. The number of aromatic nitrogens is 2. The van der Waals surface area contributed by atoms with Crippen LogP contribution in [0.2, 0.25) is 0 Å². The summed E-state index contributed by atoms with van der Waals surface area (Å²) in [5, 5.41) is 14.1. The number of rotatable bonds is 9. The van der Waals surface area contributed by atoms with E-state index in [1.807, 2.05) is 60.8 Å². The second kappa shape index (κ2) is 10.6. The van der Waals surface area contributed by atoms with Crippen molar-refractivity contribution in [1.82, 2.24) is 9.78 Å². The van der Waals surface area contributed by atoms with Crippen molar-refractivity contribution < 1.29 is 19.0 Å². The fourth-order valence-electron chi connectivity index (χ4n) is 3.58. The first-order valence-corrected chi connectivity index (χ1v) is 11.0. The molecule has 1 heterocycles. The maximum atomic E-state index is 13.4. The Morgan fingerprint density at radius 3 is 2.35 bits per heavy atom. The molecule has 0 saturated heterocycles. The zero-order valence-corrected chi connectivity index (χ0v) is 18.8. The molecule has 1 aromatic heterocycles. The molecule has 0 unspecified atom stereocenters. The Morgan fingerprint density at radius 1 is 1.00 bits per heavy atom. The van der Waals surface area contributed by atoms with Gasteiger partial charge in [-0.1, -0.05) is 49.4 Å². The van der Waals surface area contributed by atoms with E-state index < -0.39 is 5.97 Å². The van der Waals surface area contributed by atoms with Crippen LogP contribution in [0.15, 0.2) is 90.6 Å². The Bertz CT molecular complexity index is 1280. The van der Waals surface area contributed by atoms with Gasteiger partial charge in [0.15, 0.2) is 0 Å². The molecule has 0 fully saturated rings. The summed E-state index contributed by atoms with van der Waals surface area (Å²) in [6, 6.07) is 23.8. The third-order valence-corrected chi connectivity index (χ3v) is 5.41. The third-order valence-electron chi connectivity index (χ3n) is 5.41. The van der Waals surface area contributed by atoms with E-state index >= 15 is 0 Å². The molecule has 1 N–H and O–H groups in total. The van der Waals surface area contributed by atoms with Crippen molar-refractivity contribution in [2.75, 3.05) is 0 Å². The van der Waals surface area contributed by atoms with E-state index in [1.54, 1.807) is 29.8 Å². The quantitative estimate of drug-likeness (QED) is 0.305. The summed E-state index contributed by atoms with van der Waals surface area (Å²) in [6.07, 6.45) is 3.83. The minimum Gasteiger partial charge on any atom is -0.489 e. The van der Waals surface area contributed by atoms with Gasteiger partial charge in [0.2, 0.25) is 0 Å². The van der Waals surface area contributed by atoms with Crippen molar-refractivity contribution in [3.8, 4) is 17.0 Å². The molecule has 172 valence electrons. The van der Waals surface area contributed by atoms with Crippen LogP contribution in [0.1, 0.15) is 30.0 Å². The highest BCUT2D eigenvalue weighted by molar-refractivity contribution is 5.93.